The average Bonchev–Trinajstić information content (AvgIpc) is 3.08. The molecule has 1 atom stereocenters. The molecule has 108 valence electrons. The number of halogens is 1. The van der Waals surface area contributed by atoms with Crippen LogP contribution in [0, 0.1) is 0 Å². The molecule has 0 aromatic carbocycles. The van der Waals surface area contributed by atoms with Gasteiger partial charge in [0.25, 0.3) is 0 Å². The monoisotopic (exact) mass is 357 g/mol. The fourth-order valence-corrected chi connectivity index (χ4v) is 3.07. The summed E-state index contributed by atoms with van der Waals surface area (Å²) >= 11 is 5.09. The summed E-state index contributed by atoms with van der Waals surface area (Å²) in [6.45, 7) is 2.97. The Bertz CT molecular complexity index is 578. The smallest absolute Gasteiger partial charge is 0.373 e. The van der Waals surface area contributed by atoms with Gasteiger partial charge in [-0.05, 0) is 58.0 Å². The van der Waals surface area contributed by atoms with Crippen molar-refractivity contribution in [2.45, 2.75) is 19.4 Å². The van der Waals surface area contributed by atoms with Crippen LogP contribution in [-0.4, -0.2) is 19.6 Å². The number of hydrogen-bond acceptors (Lipinski definition) is 5. The number of carbonyl (C=O) groups is 1. The molecule has 0 radical (unpaired) electrons. The van der Waals surface area contributed by atoms with E-state index in [1.807, 2.05) is 6.07 Å². The molecule has 0 fully saturated rings. The number of nitrogens with one attached hydrogen (secondary N) is 1. The predicted octanol–water partition coefficient (Wildman–Crippen LogP) is 3.98. The number of hydrogen-bond donors (Lipinski definition) is 1. The molecule has 0 saturated carbocycles. The molecule has 0 aliphatic carbocycles. The molecular weight excluding hydrogens is 342 g/mol. The SMILES string of the molecule is CCCNC(c1csc(Br)c1)c1ccc(C(=O)OC)o1. The maximum atomic E-state index is 11.5. The summed E-state index contributed by atoms with van der Waals surface area (Å²) in [7, 11) is 1.34. The van der Waals surface area contributed by atoms with Crippen LogP contribution < -0.4 is 5.32 Å². The highest BCUT2D eigenvalue weighted by Gasteiger charge is 2.20. The molecule has 2 aromatic rings. The summed E-state index contributed by atoms with van der Waals surface area (Å²) in [4.78, 5) is 11.5. The van der Waals surface area contributed by atoms with Gasteiger partial charge in [0, 0.05) is 0 Å². The molecular formula is C14H16BrNO3S. The van der Waals surface area contributed by atoms with Crippen molar-refractivity contribution < 1.29 is 13.9 Å². The number of ether oxygens (including phenoxy) is 1. The lowest BCUT2D eigenvalue weighted by molar-refractivity contribution is 0.0562. The lowest BCUT2D eigenvalue weighted by Gasteiger charge is -2.14. The molecule has 2 rings (SSSR count). The Kier molecular flexibility index (Phi) is 5.39. The molecule has 0 amide bonds. The fourth-order valence-electron chi connectivity index (χ4n) is 1.86. The zero-order chi connectivity index (χ0) is 14.5. The molecule has 0 aliphatic heterocycles. The molecule has 6 heteroatoms. The highest BCUT2D eigenvalue weighted by atomic mass is 79.9. The standard InChI is InChI=1S/C14H16BrNO3S/c1-3-6-16-13(9-7-12(15)20-8-9)10-4-5-11(19-10)14(17)18-2/h4-5,7-8,13,16H,3,6H2,1-2H3. The van der Waals surface area contributed by atoms with Crippen LogP contribution in [0.1, 0.15) is 41.3 Å². The van der Waals surface area contributed by atoms with Gasteiger partial charge < -0.3 is 14.5 Å². The van der Waals surface area contributed by atoms with Gasteiger partial charge in [0.05, 0.1) is 16.9 Å². The summed E-state index contributed by atoms with van der Waals surface area (Å²) in [6.07, 6.45) is 1.02. The first-order chi connectivity index (χ1) is 9.65. The van der Waals surface area contributed by atoms with Gasteiger partial charge in [0.15, 0.2) is 0 Å². The Labute approximate surface area is 130 Å². The van der Waals surface area contributed by atoms with E-state index >= 15 is 0 Å². The molecule has 4 nitrogen and oxygen atoms in total. The van der Waals surface area contributed by atoms with Crippen LogP contribution >= 0.6 is 27.3 Å². The van der Waals surface area contributed by atoms with Crippen LogP contribution in [0.5, 0.6) is 0 Å². The fraction of sp³-hybridized carbons (Fsp3) is 0.357. The minimum atomic E-state index is -0.461. The second-order valence-electron chi connectivity index (χ2n) is 4.26. The minimum absolute atomic E-state index is 0.0593. The Balaban J connectivity index is 2.26. The van der Waals surface area contributed by atoms with E-state index in [0.29, 0.717) is 5.76 Å². The summed E-state index contributed by atoms with van der Waals surface area (Å²) in [5, 5.41) is 5.49. The highest BCUT2D eigenvalue weighted by molar-refractivity contribution is 9.11. The molecule has 2 heterocycles. The van der Waals surface area contributed by atoms with E-state index < -0.39 is 5.97 Å². The second kappa shape index (κ2) is 7.06. The van der Waals surface area contributed by atoms with Gasteiger partial charge in [0.2, 0.25) is 5.76 Å². The first-order valence-corrected chi connectivity index (χ1v) is 7.98. The van der Waals surface area contributed by atoms with Crippen molar-refractivity contribution in [1.82, 2.24) is 5.32 Å². The quantitative estimate of drug-likeness (QED) is 0.794. The van der Waals surface area contributed by atoms with E-state index in [9.17, 15) is 4.79 Å². The lowest BCUT2D eigenvalue weighted by Crippen LogP contribution is -2.22. The summed E-state index contributed by atoms with van der Waals surface area (Å²) < 4.78 is 11.3. The van der Waals surface area contributed by atoms with Crippen LogP contribution in [0.3, 0.4) is 0 Å². The van der Waals surface area contributed by atoms with Crippen molar-refractivity contribution in [3.63, 3.8) is 0 Å². The van der Waals surface area contributed by atoms with Crippen LogP contribution in [0.4, 0.5) is 0 Å². The third-order valence-corrected chi connectivity index (χ3v) is 4.34. The van der Waals surface area contributed by atoms with Crippen LogP contribution in [0.15, 0.2) is 31.8 Å². The second-order valence-corrected chi connectivity index (χ2v) is 6.56. The number of rotatable bonds is 6. The highest BCUT2D eigenvalue weighted by Crippen LogP contribution is 2.30. The first-order valence-electron chi connectivity index (χ1n) is 6.31. The Morgan fingerprint density at radius 3 is 2.95 bits per heavy atom. The molecule has 1 N–H and O–H groups in total. The van der Waals surface area contributed by atoms with Crippen molar-refractivity contribution in [3.8, 4) is 0 Å². The molecule has 0 aliphatic rings. The number of esters is 1. The number of thiophene rings is 1. The van der Waals surface area contributed by atoms with Crippen molar-refractivity contribution >= 4 is 33.2 Å². The Morgan fingerprint density at radius 1 is 1.55 bits per heavy atom. The minimum Gasteiger partial charge on any atom is -0.463 e. The van der Waals surface area contributed by atoms with Crippen molar-refractivity contribution in [1.29, 1.82) is 0 Å². The third kappa shape index (κ3) is 3.50. The molecule has 0 spiro atoms. The van der Waals surface area contributed by atoms with Gasteiger partial charge in [-0.25, -0.2) is 4.79 Å². The van der Waals surface area contributed by atoms with Gasteiger partial charge >= 0.3 is 5.97 Å². The van der Waals surface area contributed by atoms with Crippen molar-refractivity contribution in [3.05, 3.63) is 44.4 Å². The largest absolute Gasteiger partial charge is 0.463 e. The van der Waals surface area contributed by atoms with E-state index in [1.165, 1.54) is 7.11 Å². The summed E-state index contributed by atoms with van der Waals surface area (Å²) in [6, 6.07) is 5.45. The summed E-state index contributed by atoms with van der Waals surface area (Å²) in [5.41, 5.74) is 1.11. The van der Waals surface area contributed by atoms with Gasteiger partial charge in [-0.2, -0.15) is 0 Å². The molecule has 0 bridgehead atoms. The number of carbonyl (C=O) groups excluding carboxylic acids is 1. The molecule has 20 heavy (non-hydrogen) atoms. The van der Waals surface area contributed by atoms with Gasteiger partial charge in [-0.1, -0.05) is 6.92 Å². The topological polar surface area (TPSA) is 51.5 Å². The number of methoxy groups -OCH3 is 1. The van der Waals surface area contributed by atoms with E-state index in [4.69, 9.17) is 4.42 Å². The lowest BCUT2D eigenvalue weighted by atomic mass is 10.1. The van der Waals surface area contributed by atoms with Crippen LogP contribution in [0.2, 0.25) is 0 Å². The molecule has 0 saturated heterocycles. The maximum absolute atomic E-state index is 11.5. The molecule has 2 aromatic heterocycles. The van der Waals surface area contributed by atoms with Crippen LogP contribution in [-0.2, 0) is 4.74 Å². The Morgan fingerprint density at radius 2 is 2.35 bits per heavy atom. The maximum Gasteiger partial charge on any atom is 0.373 e. The zero-order valence-electron chi connectivity index (χ0n) is 11.3. The van der Waals surface area contributed by atoms with E-state index in [2.05, 4.69) is 44.4 Å². The van der Waals surface area contributed by atoms with E-state index in [1.54, 1.807) is 17.4 Å². The third-order valence-electron chi connectivity index (χ3n) is 2.82. The predicted molar refractivity (Wildman–Crippen MR) is 82.2 cm³/mol. The average molecular weight is 358 g/mol. The van der Waals surface area contributed by atoms with Crippen molar-refractivity contribution in [2.75, 3.05) is 13.7 Å². The number of furan rings is 1. The van der Waals surface area contributed by atoms with Crippen LogP contribution in [0.25, 0.3) is 0 Å². The normalized spacial score (nSPS) is 12.3. The first kappa shape index (κ1) is 15.3. The van der Waals surface area contributed by atoms with E-state index in [-0.39, 0.29) is 11.8 Å². The van der Waals surface area contributed by atoms with Crippen molar-refractivity contribution in [2.24, 2.45) is 0 Å². The molecule has 1 unspecified atom stereocenters. The summed E-state index contributed by atoms with van der Waals surface area (Å²) in [5.74, 6) is 0.473. The van der Waals surface area contributed by atoms with Gasteiger partial charge in [-0.3, -0.25) is 0 Å². The van der Waals surface area contributed by atoms with E-state index in [0.717, 1.165) is 22.3 Å². The zero-order valence-corrected chi connectivity index (χ0v) is 13.7. The Hall–Kier alpha value is -1.11. The van der Waals surface area contributed by atoms with Gasteiger partial charge in [0.1, 0.15) is 5.76 Å². The van der Waals surface area contributed by atoms with Gasteiger partial charge in [-0.15, -0.1) is 11.3 Å².